The molecule has 1 rings (SSSR count). The third kappa shape index (κ3) is 2.40. The van der Waals surface area contributed by atoms with Crippen LogP contribution in [0.5, 0.6) is 0 Å². The predicted molar refractivity (Wildman–Crippen MR) is 55.4 cm³/mol. The van der Waals surface area contributed by atoms with E-state index in [1.807, 2.05) is 11.8 Å². The van der Waals surface area contributed by atoms with Crippen LogP contribution in [-0.2, 0) is 0 Å². The van der Waals surface area contributed by atoms with Crippen molar-refractivity contribution in [1.82, 2.24) is 0 Å². The molecule has 0 saturated heterocycles. The first kappa shape index (κ1) is 10.4. The average Bonchev–Trinajstić information content (AvgIpc) is 2.01. The molecule has 1 saturated carbocycles. The second kappa shape index (κ2) is 4.52. The van der Waals surface area contributed by atoms with Gasteiger partial charge in [-0.15, -0.1) is 0 Å². The molecule has 0 spiro atoms. The normalized spacial score (nSPS) is 43.0. The van der Waals surface area contributed by atoms with Gasteiger partial charge in [0.15, 0.2) is 0 Å². The fraction of sp³-hybridized carbons (Fsp3) is 1.00. The Kier molecular flexibility index (Phi) is 3.91. The highest BCUT2D eigenvalue weighted by Gasteiger charge is 2.30. The van der Waals surface area contributed by atoms with E-state index in [2.05, 4.69) is 20.1 Å². The number of hydrogen-bond acceptors (Lipinski definition) is 2. The summed E-state index contributed by atoms with van der Waals surface area (Å²) < 4.78 is 0. The summed E-state index contributed by atoms with van der Waals surface area (Å²) in [5, 5.41) is 9.73. The quantitative estimate of drug-likeness (QED) is 0.718. The van der Waals surface area contributed by atoms with Crippen LogP contribution in [0.4, 0.5) is 0 Å². The second-order valence-corrected chi connectivity index (χ2v) is 5.15. The van der Waals surface area contributed by atoms with Crippen LogP contribution in [0.15, 0.2) is 0 Å². The van der Waals surface area contributed by atoms with Crippen LogP contribution in [0, 0.1) is 17.8 Å². The lowest BCUT2D eigenvalue weighted by molar-refractivity contribution is 0.0159. The number of aliphatic hydroxyl groups excluding tert-OH is 1. The number of hydrogen-bond donors (Lipinski definition) is 1. The maximum absolute atomic E-state index is 9.73. The molecule has 0 aromatic carbocycles. The Morgan fingerprint density at radius 2 is 1.75 bits per heavy atom. The molecule has 2 atom stereocenters. The second-order valence-electron chi connectivity index (χ2n) is 4.24. The summed E-state index contributed by atoms with van der Waals surface area (Å²) in [4.78, 5) is 0. The van der Waals surface area contributed by atoms with Crippen LogP contribution < -0.4 is 0 Å². The predicted octanol–water partition coefficient (Wildman–Crippen LogP) is 2.39. The summed E-state index contributed by atoms with van der Waals surface area (Å²) in [7, 11) is 0. The summed E-state index contributed by atoms with van der Waals surface area (Å²) in [6.45, 7) is 4.35. The van der Waals surface area contributed by atoms with Gasteiger partial charge in [-0.3, -0.25) is 0 Å². The van der Waals surface area contributed by atoms with Gasteiger partial charge in [-0.1, -0.05) is 13.8 Å². The van der Waals surface area contributed by atoms with Crippen molar-refractivity contribution in [3.8, 4) is 0 Å². The minimum Gasteiger partial charge on any atom is -0.393 e. The van der Waals surface area contributed by atoms with Crippen molar-refractivity contribution >= 4 is 11.8 Å². The van der Waals surface area contributed by atoms with Gasteiger partial charge in [0.25, 0.3) is 0 Å². The molecule has 2 unspecified atom stereocenters. The minimum atomic E-state index is -0.0527. The van der Waals surface area contributed by atoms with Gasteiger partial charge in [0, 0.05) is 0 Å². The standard InChI is InChI=1S/C10H20OS/c1-7-4-9(6-12-3)5-8(2)10(7)11/h7-11H,4-6H2,1-3H3. The lowest BCUT2D eigenvalue weighted by Crippen LogP contribution is -2.34. The van der Waals surface area contributed by atoms with Gasteiger partial charge in [0.05, 0.1) is 6.10 Å². The molecule has 0 aromatic rings. The van der Waals surface area contributed by atoms with E-state index in [-0.39, 0.29) is 6.10 Å². The molecule has 72 valence electrons. The van der Waals surface area contributed by atoms with Crippen molar-refractivity contribution in [2.24, 2.45) is 17.8 Å². The monoisotopic (exact) mass is 188 g/mol. The Morgan fingerprint density at radius 3 is 2.17 bits per heavy atom. The zero-order valence-corrected chi connectivity index (χ0v) is 9.10. The molecule has 0 bridgehead atoms. The van der Waals surface area contributed by atoms with Gasteiger partial charge in [0.2, 0.25) is 0 Å². The van der Waals surface area contributed by atoms with Crippen molar-refractivity contribution in [1.29, 1.82) is 0 Å². The Morgan fingerprint density at radius 1 is 1.25 bits per heavy atom. The fourth-order valence-corrected chi connectivity index (χ4v) is 3.10. The zero-order chi connectivity index (χ0) is 9.14. The highest BCUT2D eigenvalue weighted by atomic mass is 32.2. The van der Waals surface area contributed by atoms with Crippen LogP contribution in [0.3, 0.4) is 0 Å². The highest BCUT2D eigenvalue weighted by molar-refractivity contribution is 7.98. The first-order valence-corrected chi connectivity index (χ1v) is 6.21. The van der Waals surface area contributed by atoms with Crippen LogP contribution in [0.2, 0.25) is 0 Å². The summed E-state index contributed by atoms with van der Waals surface area (Å²) >= 11 is 1.93. The lowest BCUT2D eigenvalue weighted by atomic mass is 9.75. The number of rotatable bonds is 2. The van der Waals surface area contributed by atoms with Crippen molar-refractivity contribution in [3.63, 3.8) is 0 Å². The molecule has 12 heavy (non-hydrogen) atoms. The molecule has 0 radical (unpaired) electrons. The maximum Gasteiger partial charge on any atom is 0.0591 e. The van der Waals surface area contributed by atoms with E-state index >= 15 is 0 Å². The van der Waals surface area contributed by atoms with Gasteiger partial charge >= 0.3 is 0 Å². The van der Waals surface area contributed by atoms with E-state index < -0.39 is 0 Å². The van der Waals surface area contributed by atoms with Crippen LogP contribution in [0.1, 0.15) is 26.7 Å². The van der Waals surface area contributed by atoms with E-state index in [0.29, 0.717) is 11.8 Å². The molecular weight excluding hydrogens is 168 g/mol. The first-order valence-electron chi connectivity index (χ1n) is 4.82. The number of thioether (sulfide) groups is 1. The summed E-state index contributed by atoms with van der Waals surface area (Å²) in [6, 6.07) is 0. The van der Waals surface area contributed by atoms with Crippen LogP contribution in [-0.4, -0.2) is 23.2 Å². The van der Waals surface area contributed by atoms with E-state index in [1.165, 1.54) is 18.6 Å². The smallest absolute Gasteiger partial charge is 0.0591 e. The molecule has 0 heterocycles. The van der Waals surface area contributed by atoms with Crippen molar-refractivity contribution < 1.29 is 5.11 Å². The molecular formula is C10H20OS. The summed E-state index contributed by atoms with van der Waals surface area (Å²) in [5.41, 5.74) is 0. The first-order chi connectivity index (χ1) is 5.65. The van der Waals surface area contributed by atoms with Gasteiger partial charge in [-0.25, -0.2) is 0 Å². The molecule has 0 aromatic heterocycles. The number of aliphatic hydroxyl groups is 1. The van der Waals surface area contributed by atoms with Gasteiger partial charge in [-0.05, 0) is 42.6 Å². The van der Waals surface area contributed by atoms with Gasteiger partial charge in [0.1, 0.15) is 0 Å². The Hall–Kier alpha value is 0.310. The molecule has 1 nitrogen and oxygen atoms in total. The fourth-order valence-electron chi connectivity index (χ4n) is 2.36. The molecule has 0 aliphatic heterocycles. The Labute approximate surface area is 79.9 Å². The molecule has 1 fully saturated rings. The van der Waals surface area contributed by atoms with Crippen molar-refractivity contribution in [3.05, 3.63) is 0 Å². The summed E-state index contributed by atoms with van der Waals surface area (Å²) in [6.07, 6.45) is 4.54. The Balaban J connectivity index is 2.42. The lowest BCUT2D eigenvalue weighted by Gasteiger charge is -2.35. The van der Waals surface area contributed by atoms with Crippen molar-refractivity contribution in [2.45, 2.75) is 32.8 Å². The SMILES string of the molecule is CSCC1CC(C)C(O)C(C)C1. The van der Waals surface area contributed by atoms with Crippen LogP contribution >= 0.6 is 11.8 Å². The average molecular weight is 188 g/mol. The molecule has 2 heteroatoms. The van der Waals surface area contributed by atoms with Crippen molar-refractivity contribution in [2.75, 3.05) is 12.0 Å². The Bertz CT molecular complexity index is 126. The van der Waals surface area contributed by atoms with E-state index in [9.17, 15) is 5.11 Å². The van der Waals surface area contributed by atoms with E-state index in [0.717, 1.165) is 5.92 Å². The molecule has 0 amide bonds. The van der Waals surface area contributed by atoms with E-state index in [1.54, 1.807) is 0 Å². The third-order valence-electron chi connectivity index (χ3n) is 2.98. The third-order valence-corrected chi connectivity index (χ3v) is 3.78. The van der Waals surface area contributed by atoms with Gasteiger partial charge in [-0.2, -0.15) is 11.8 Å². The van der Waals surface area contributed by atoms with Crippen LogP contribution in [0.25, 0.3) is 0 Å². The zero-order valence-electron chi connectivity index (χ0n) is 8.29. The minimum absolute atomic E-state index is 0.0527. The molecule has 1 aliphatic carbocycles. The maximum atomic E-state index is 9.73. The van der Waals surface area contributed by atoms with Gasteiger partial charge < -0.3 is 5.11 Å². The molecule has 1 N–H and O–H groups in total. The summed E-state index contributed by atoms with van der Waals surface area (Å²) in [5.74, 6) is 3.12. The molecule has 1 aliphatic rings. The largest absolute Gasteiger partial charge is 0.393 e. The highest BCUT2D eigenvalue weighted by Crippen LogP contribution is 2.34. The van der Waals surface area contributed by atoms with E-state index in [4.69, 9.17) is 0 Å². The topological polar surface area (TPSA) is 20.2 Å².